The second-order valence-electron chi connectivity index (χ2n) is 5.88. The van der Waals surface area contributed by atoms with Gasteiger partial charge >= 0.3 is 0 Å². The van der Waals surface area contributed by atoms with Crippen molar-refractivity contribution in [3.8, 4) is 11.1 Å². The number of rotatable bonds is 3. The largest absolute Gasteiger partial charge is 0.299 e. The molecule has 1 aromatic carbocycles. The molecule has 0 radical (unpaired) electrons. The molecule has 1 fully saturated rings. The molecule has 1 aromatic heterocycles. The molecule has 0 spiro atoms. The molecule has 2 heterocycles. The smallest absolute Gasteiger partial charge is 0.0378 e. The van der Waals surface area contributed by atoms with Crippen LogP contribution in [-0.4, -0.2) is 23.0 Å². The Balaban J connectivity index is 1.89. The molecule has 0 amide bonds. The third-order valence-corrected chi connectivity index (χ3v) is 3.97. The molecule has 3 rings (SSSR count). The predicted octanol–water partition coefficient (Wildman–Crippen LogP) is 3.96. The number of benzene rings is 1. The van der Waals surface area contributed by atoms with E-state index < -0.39 is 0 Å². The summed E-state index contributed by atoms with van der Waals surface area (Å²) in [7, 11) is 0. The maximum absolute atomic E-state index is 4.29. The summed E-state index contributed by atoms with van der Waals surface area (Å²) in [6.07, 6.45) is 4.59. The van der Waals surface area contributed by atoms with Gasteiger partial charge in [-0.05, 0) is 74.7 Å². The zero-order valence-electron chi connectivity index (χ0n) is 12.4. The van der Waals surface area contributed by atoms with Gasteiger partial charge in [0.05, 0.1) is 0 Å². The van der Waals surface area contributed by atoms with Crippen LogP contribution in [0.4, 0.5) is 0 Å². The lowest BCUT2D eigenvalue weighted by Crippen LogP contribution is -2.18. The van der Waals surface area contributed by atoms with Crippen molar-refractivity contribution >= 4 is 0 Å². The Hall–Kier alpha value is -1.67. The summed E-state index contributed by atoms with van der Waals surface area (Å²) in [4.78, 5) is 6.84. The third kappa shape index (κ3) is 3.07. The number of hydrogen-bond acceptors (Lipinski definition) is 2. The van der Waals surface area contributed by atoms with Gasteiger partial charge in [-0.3, -0.25) is 9.88 Å². The fourth-order valence-corrected chi connectivity index (χ4v) is 3.04. The molecule has 0 unspecified atom stereocenters. The van der Waals surface area contributed by atoms with Crippen LogP contribution in [0, 0.1) is 13.8 Å². The van der Waals surface area contributed by atoms with Gasteiger partial charge in [0.1, 0.15) is 0 Å². The molecule has 0 bridgehead atoms. The minimum Gasteiger partial charge on any atom is -0.299 e. The van der Waals surface area contributed by atoms with Crippen LogP contribution in [0.5, 0.6) is 0 Å². The summed E-state index contributed by atoms with van der Waals surface area (Å²) in [5.41, 5.74) is 6.42. The zero-order chi connectivity index (χ0) is 13.9. The van der Waals surface area contributed by atoms with E-state index in [0.29, 0.717) is 0 Å². The lowest BCUT2D eigenvalue weighted by atomic mass is 10.0. The van der Waals surface area contributed by atoms with Gasteiger partial charge in [-0.15, -0.1) is 0 Å². The number of aromatic nitrogens is 1. The average Bonchev–Trinajstić information content (AvgIpc) is 2.91. The van der Waals surface area contributed by atoms with Gasteiger partial charge in [0.2, 0.25) is 0 Å². The molecule has 2 nitrogen and oxygen atoms in total. The van der Waals surface area contributed by atoms with Crippen LogP contribution >= 0.6 is 0 Å². The first kappa shape index (κ1) is 13.3. The van der Waals surface area contributed by atoms with Crippen LogP contribution in [-0.2, 0) is 6.54 Å². The van der Waals surface area contributed by atoms with E-state index in [1.165, 1.54) is 48.2 Å². The Morgan fingerprint density at radius 1 is 1.00 bits per heavy atom. The van der Waals surface area contributed by atoms with Crippen molar-refractivity contribution in [2.24, 2.45) is 0 Å². The van der Waals surface area contributed by atoms with E-state index >= 15 is 0 Å². The van der Waals surface area contributed by atoms with Crippen molar-refractivity contribution in [3.63, 3.8) is 0 Å². The van der Waals surface area contributed by atoms with E-state index in [1.54, 1.807) is 0 Å². The summed E-state index contributed by atoms with van der Waals surface area (Å²) in [5, 5.41) is 0. The molecule has 0 N–H and O–H groups in total. The van der Waals surface area contributed by atoms with Gasteiger partial charge in [0.25, 0.3) is 0 Å². The molecular weight excluding hydrogens is 244 g/mol. The number of likely N-dealkylation sites (tertiary alicyclic amines) is 1. The highest BCUT2D eigenvalue weighted by Gasteiger charge is 2.12. The van der Waals surface area contributed by atoms with E-state index in [2.05, 4.69) is 47.1 Å². The molecule has 0 aliphatic carbocycles. The average molecular weight is 266 g/mol. The van der Waals surface area contributed by atoms with Crippen LogP contribution in [0.15, 0.2) is 36.5 Å². The minimum absolute atomic E-state index is 1.07. The van der Waals surface area contributed by atoms with E-state index in [1.807, 2.05) is 13.1 Å². The van der Waals surface area contributed by atoms with Crippen LogP contribution < -0.4 is 0 Å². The highest BCUT2D eigenvalue weighted by molar-refractivity contribution is 5.65. The Labute approximate surface area is 121 Å². The summed E-state index contributed by atoms with van der Waals surface area (Å²) < 4.78 is 0. The lowest BCUT2D eigenvalue weighted by molar-refractivity contribution is 0.331. The second-order valence-corrected chi connectivity index (χ2v) is 5.88. The van der Waals surface area contributed by atoms with Gasteiger partial charge < -0.3 is 0 Å². The van der Waals surface area contributed by atoms with E-state index in [0.717, 1.165) is 12.2 Å². The Kier molecular flexibility index (Phi) is 3.83. The van der Waals surface area contributed by atoms with Crippen molar-refractivity contribution in [1.29, 1.82) is 0 Å². The number of pyridine rings is 1. The maximum atomic E-state index is 4.29. The first-order chi connectivity index (χ1) is 9.70. The minimum atomic E-state index is 1.07. The van der Waals surface area contributed by atoms with Crippen LogP contribution in [0.25, 0.3) is 11.1 Å². The molecule has 1 aliphatic heterocycles. The highest BCUT2D eigenvalue weighted by atomic mass is 15.1. The molecule has 2 heteroatoms. The summed E-state index contributed by atoms with van der Waals surface area (Å²) in [5.74, 6) is 0. The zero-order valence-corrected chi connectivity index (χ0v) is 12.4. The van der Waals surface area contributed by atoms with Crippen LogP contribution in [0.3, 0.4) is 0 Å². The van der Waals surface area contributed by atoms with Crippen molar-refractivity contribution < 1.29 is 0 Å². The molecule has 20 heavy (non-hydrogen) atoms. The molecular formula is C18H22N2. The van der Waals surface area contributed by atoms with Crippen molar-refractivity contribution in [2.75, 3.05) is 13.1 Å². The van der Waals surface area contributed by atoms with Crippen LogP contribution in [0.1, 0.15) is 29.7 Å². The van der Waals surface area contributed by atoms with Gasteiger partial charge in [-0.1, -0.05) is 17.7 Å². The highest BCUT2D eigenvalue weighted by Crippen LogP contribution is 2.24. The van der Waals surface area contributed by atoms with Gasteiger partial charge in [-0.2, -0.15) is 0 Å². The van der Waals surface area contributed by atoms with Crippen molar-refractivity contribution in [1.82, 2.24) is 9.88 Å². The maximum Gasteiger partial charge on any atom is 0.0378 e. The van der Waals surface area contributed by atoms with Gasteiger partial charge in [0.15, 0.2) is 0 Å². The number of nitrogens with zero attached hydrogens (tertiary/aromatic N) is 2. The predicted molar refractivity (Wildman–Crippen MR) is 83.7 cm³/mol. The lowest BCUT2D eigenvalue weighted by Gasteiger charge is -2.16. The molecule has 1 saturated heterocycles. The molecule has 104 valence electrons. The standard InChI is InChI=1S/C18H22N2/c1-14-9-16(13-20-7-3-4-8-20)12-18(10-14)17-5-6-19-15(2)11-17/h5-6,9-12H,3-4,7-8,13H2,1-2H3. The SMILES string of the molecule is Cc1cc(CN2CCCC2)cc(-c2ccnc(C)c2)c1. The fraction of sp³-hybridized carbons (Fsp3) is 0.389. The van der Waals surface area contributed by atoms with E-state index in [-0.39, 0.29) is 0 Å². The van der Waals surface area contributed by atoms with Crippen LogP contribution in [0.2, 0.25) is 0 Å². The van der Waals surface area contributed by atoms with Crippen molar-refractivity contribution in [2.45, 2.75) is 33.2 Å². The summed E-state index contributed by atoms with van der Waals surface area (Å²) in [6, 6.07) is 11.2. The normalized spacial score (nSPS) is 15.7. The number of aryl methyl sites for hydroxylation is 2. The first-order valence-electron chi connectivity index (χ1n) is 7.47. The molecule has 2 aromatic rings. The molecule has 0 atom stereocenters. The Morgan fingerprint density at radius 2 is 1.80 bits per heavy atom. The Morgan fingerprint density at radius 3 is 2.55 bits per heavy atom. The quantitative estimate of drug-likeness (QED) is 0.836. The monoisotopic (exact) mass is 266 g/mol. The number of hydrogen-bond donors (Lipinski definition) is 0. The van der Waals surface area contributed by atoms with Crippen molar-refractivity contribution in [3.05, 3.63) is 53.3 Å². The fourth-order valence-electron chi connectivity index (χ4n) is 3.04. The van der Waals surface area contributed by atoms with E-state index in [4.69, 9.17) is 0 Å². The molecule has 0 saturated carbocycles. The van der Waals surface area contributed by atoms with E-state index in [9.17, 15) is 0 Å². The van der Waals surface area contributed by atoms with Gasteiger partial charge in [-0.25, -0.2) is 0 Å². The third-order valence-electron chi connectivity index (χ3n) is 3.97. The summed E-state index contributed by atoms with van der Waals surface area (Å²) in [6.45, 7) is 7.81. The second kappa shape index (κ2) is 5.76. The van der Waals surface area contributed by atoms with Gasteiger partial charge in [0, 0.05) is 18.4 Å². The topological polar surface area (TPSA) is 16.1 Å². The Bertz CT molecular complexity index is 598. The molecule has 1 aliphatic rings. The summed E-state index contributed by atoms with van der Waals surface area (Å²) >= 11 is 0. The first-order valence-corrected chi connectivity index (χ1v) is 7.47.